The van der Waals surface area contributed by atoms with Gasteiger partial charge in [-0.1, -0.05) is 13.8 Å². The second kappa shape index (κ2) is 5.10. The second-order valence-electron chi connectivity index (χ2n) is 4.69. The van der Waals surface area contributed by atoms with Crippen molar-refractivity contribution >= 4 is 33.3 Å². The van der Waals surface area contributed by atoms with E-state index in [-0.39, 0.29) is 18.3 Å². The van der Waals surface area contributed by atoms with Gasteiger partial charge in [-0.05, 0) is 34.0 Å². The van der Waals surface area contributed by atoms with Crippen LogP contribution in [0.1, 0.15) is 30.6 Å². The minimum atomic E-state index is -0.185. The van der Waals surface area contributed by atoms with Crippen molar-refractivity contribution < 1.29 is 14.3 Å². The molecule has 0 bridgehead atoms. The van der Waals surface area contributed by atoms with Crippen LogP contribution in [0.15, 0.2) is 16.6 Å². The molecule has 0 fully saturated rings. The number of fused-ring (bicyclic) bond motifs is 1. The van der Waals surface area contributed by atoms with Crippen LogP contribution in [-0.4, -0.2) is 18.3 Å². The molecule has 5 heteroatoms. The summed E-state index contributed by atoms with van der Waals surface area (Å²) in [6, 6.07) is 3.39. The van der Waals surface area contributed by atoms with Gasteiger partial charge >= 0.3 is 0 Å². The molecule has 1 aromatic carbocycles. The van der Waals surface area contributed by atoms with Crippen molar-refractivity contribution in [2.45, 2.75) is 20.3 Å². The standard InChI is InChI=1S/C13H14BrNO3/c1-7(2)3-11(16)8-4-12-10(5-9(8)14)15-13(17)6-18-12/h4-5,7H,3,6H2,1-2H3,(H,15,17). The fourth-order valence-electron chi connectivity index (χ4n) is 1.79. The first-order valence-corrected chi connectivity index (χ1v) is 6.56. The summed E-state index contributed by atoms with van der Waals surface area (Å²) in [4.78, 5) is 23.2. The Kier molecular flexibility index (Phi) is 3.71. The van der Waals surface area contributed by atoms with Crippen LogP contribution in [0.5, 0.6) is 5.75 Å². The molecular weight excluding hydrogens is 298 g/mol. The Bertz CT molecular complexity index is 511. The minimum Gasteiger partial charge on any atom is -0.482 e. The Morgan fingerprint density at radius 2 is 2.22 bits per heavy atom. The average molecular weight is 312 g/mol. The number of hydrogen-bond donors (Lipinski definition) is 1. The van der Waals surface area contributed by atoms with Gasteiger partial charge in [0.1, 0.15) is 5.75 Å². The lowest BCUT2D eigenvalue weighted by Crippen LogP contribution is -2.25. The van der Waals surface area contributed by atoms with E-state index >= 15 is 0 Å². The Morgan fingerprint density at radius 1 is 1.50 bits per heavy atom. The monoisotopic (exact) mass is 311 g/mol. The third kappa shape index (κ3) is 2.72. The van der Waals surface area contributed by atoms with Gasteiger partial charge in [0.05, 0.1) is 5.69 Å². The van der Waals surface area contributed by atoms with Crippen molar-refractivity contribution in [1.82, 2.24) is 0 Å². The van der Waals surface area contributed by atoms with Crippen molar-refractivity contribution in [1.29, 1.82) is 0 Å². The van der Waals surface area contributed by atoms with Gasteiger partial charge in [-0.2, -0.15) is 0 Å². The highest BCUT2D eigenvalue weighted by molar-refractivity contribution is 9.10. The number of benzene rings is 1. The molecule has 1 aliphatic heterocycles. The van der Waals surface area contributed by atoms with Crippen LogP contribution in [-0.2, 0) is 4.79 Å². The van der Waals surface area contributed by atoms with Gasteiger partial charge in [-0.25, -0.2) is 0 Å². The van der Waals surface area contributed by atoms with Crippen molar-refractivity contribution in [3.8, 4) is 5.75 Å². The third-order valence-corrected chi connectivity index (χ3v) is 3.25. The lowest BCUT2D eigenvalue weighted by Gasteiger charge is -2.19. The molecule has 0 saturated carbocycles. The van der Waals surface area contributed by atoms with Crippen LogP contribution in [0.25, 0.3) is 0 Å². The molecule has 1 aromatic rings. The fraction of sp³-hybridized carbons (Fsp3) is 0.385. The first-order valence-electron chi connectivity index (χ1n) is 5.76. The zero-order chi connectivity index (χ0) is 13.3. The number of Topliss-reactive ketones (excluding diaryl/α,β-unsaturated/α-hetero) is 1. The molecular formula is C13H14BrNO3. The van der Waals surface area contributed by atoms with E-state index in [1.807, 2.05) is 13.8 Å². The number of hydrogen-bond acceptors (Lipinski definition) is 3. The summed E-state index contributed by atoms with van der Waals surface area (Å²) in [5, 5.41) is 2.70. The molecule has 96 valence electrons. The number of amides is 1. The van der Waals surface area contributed by atoms with Gasteiger partial charge in [0.25, 0.3) is 5.91 Å². The zero-order valence-electron chi connectivity index (χ0n) is 10.2. The molecule has 0 unspecified atom stereocenters. The summed E-state index contributed by atoms with van der Waals surface area (Å²) in [6.07, 6.45) is 0.490. The fourth-order valence-corrected chi connectivity index (χ4v) is 2.36. The molecule has 0 saturated heterocycles. The number of halogens is 1. The highest BCUT2D eigenvalue weighted by atomic mass is 79.9. The highest BCUT2D eigenvalue weighted by Crippen LogP contribution is 2.34. The SMILES string of the molecule is CC(C)CC(=O)c1cc2c(cc1Br)NC(=O)CO2. The lowest BCUT2D eigenvalue weighted by molar-refractivity contribution is -0.118. The number of rotatable bonds is 3. The summed E-state index contributed by atoms with van der Waals surface area (Å²) < 4.78 is 5.98. The predicted octanol–water partition coefficient (Wildman–Crippen LogP) is 3.01. The molecule has 1 heterocycles. The zero-order valence-corrected chi connectivity index (χ0v) is 11.8. The van der Waals surface area contributed by atoms with Gasteiger partial charge in [-0.3, -0.25) is 9.59 Å². The lowest BCUT2D eigenvalue weighted by atomic mass is 10.0. The average Bonchev–Trinajstić information content (AvgIpc) is 2.26. The van der Waals surface area contributed by atoms with Crippen LogP contribution in [0, 0.1) is 5.92 Å². The van der Waals surface area contributed by atoms with E-state index in [1.165, 1.54) is 0 Å². The largest absolute Gasteiger partial charge is 0.482 e. The van der Waals surface area contributed by atoms with Crippen molar-refractivity contribution in [3.63, 3.8) is 0 Å². The molecule has 0 radical (unpaired) electrons. The summed E-state index contributed by atoms with van der Waals surface area (Å²) in [5.41, 5.74) is 1.19. The molecule has 2 rings (SSSR count). The summed E-state index contributed by atoms with van der Waals surface area (Å²) in [7, 11) is 0. The topological polar surface area (TPSA) is 55.4 Å². The molecule has 0 atom stereocenters. The molecule has 4 nitrogen and oxygen atoms in total. The first-order chi connectivity index (χ1) is 8.47. The van der Waals surface area contributed by atoms with Gasteiger partial charge in [-0.15, -0.1) is 0 Å². The van der Waals surface area contributed by atoms with E-state index in [9.17, 15) is 9.59 Å². The van der Waals surface area contributed by atoms with E-state index in [0.717, 1.165) is 0 Å². The Hall–Kier alpha value is -1.36. The number of ether oxygens (including phenoxy) is 1. The van der Waals surface area contributed by atoms with Crippen molar-refractivity contribution in [2.24, 2.45) is 5.92 Å². The number of anilines is 1. The predicted molar refractivity (Wildman–Crippen MR) is 72.1 cm³/mol. The second-order valence-corrected chi connectivity index (χ2v) is 5.54. The van der Waals surface area contributed by atoms with Crippen LogP contribution in [0.4, 0.5) is 5.69 Å². The van der Waals surface area contributed by atoms with E-state index in [2.05, 4.69) is 21.2 Å². The van der Waals surface area contributed by atoms with Crippen molar-refractivity contribution in [2.75, 3.05) is 11.9 Å². The van der Waals surface area contributed by atoms with Crippen LogP contribution in [0.2, 0.25) is 0 Å². The first kappa shape index (κ1) is 13.1. The molecule has 1 N–H and O–H groups in total. The number of ketones is 1. The molecule has 0 aromatic heterocycles. The van der Waals surface area contributed by atoms with Gasteiger partial charge in [0, 0.05) is 16.5 Å². The van der Waals surface area contributed by atoms with Crippen molar-refractivity contribution in [3.05, 3.63) is 22.2 Å². The Balaban J connectivity index is 2.33. The van der Waals surface area contributed by atoms with Gasteiger partial charge in [0.15, 0.2) is 12.4 Å². The maximum Gasteiger partial charge on any atom is 0.262 e. The van der Waals surface area contributed by atoms with E-state index < -0.39 is 0 Å². The Morgan fingerprint density at radius 3 is 2.89 bits per heavy atom. The molecule has 1 amide bonds. The van der Waals surface area contributed by atoms with Gasteiger partial charge < -0.3 is 10.1 Å². The normalized spacial score (nSPS) is 13.9. The van der Waals surface area contributed by atoms with E-state index in [1.54, 1.807) is 12.1 Å². The van der Waals surface area contributed by atoms with Gasteiger partial charge in [0.2, 0.25) is 0 Å². The van der Waals surface area contributed by atoms with Crippen LogP contribution in [0.3, 0.4) is 0 Å². The quantitative estimate of drug-likeness (QED) is 0.873. The molecule has 0 aliphatic carbocycles. The molecule has 1 aliphatic rings. The smallest absolute Gasteiger partial charge is 0.262 e. The minimum absolute atomic E-state index is 0.00750. The van der Waals surface area contributed by atoms with Crippen LogP contribution >= 0.6 is 15.9 Å². The van der Waals surface area contributed by atoms with E-state index in [0.29, 0.717) is 33.8 Å². The molecule has 18 heavy (non-hydrogen) atoms. The maximum absolute atomic E-state index is 12.1. The number of nitrogens with one attached hydrogen (secondary N) is 1. The van der Waals surface area contributed by atoms with Crippen LogP contribution < -0.4 is 10.1 Å². The Labute approximate surface area is 114 Å². The highest BCUT2D eigenvalue weighted by Gasteiger charge is 2.20. The maximum atomic E-state index is 12.1. The number of carbonyl (C=O) groups is 2. The molecule has 0 spiro atoms. The number of carbonyl (C=O) groups excluding carboxylic acids is 2. The summed E-state index contributed by atoms with van der Waals surface area (Å²) in [5.74, 6) is 0.738. The van der Waals surface area contributed by atoms with E-state index in [4.69, 9.17) is 4.74 Å². The summed E-state index contributed by atoms with van der Waals surface area (Å²) in [6.45, 7) is 3.99. The summed E-state index contributed by atoms with van der Waals surface area (Å²) >= 11 is 3.36. The third-order valence-electron chi connectivity index (χ3n) is 2.60.